The van der Waals surface area contributed by atoms with Crippen LogP contribution in [-0.4, -0.2) is 34.9 Å². The second kappa shape index (κ2) is 8.55. The number of nitrogens with one attached hydrogen (secondary N) is 1. The van der Waals surface area contributed by atoms with Gasteiger partial charge in [-0.1, -0.05) is 35.9 Å². The smallest absolute Gasteiger partial charge is 0.263 e. The number of thiazole rings is 1. The summed E-state index contributed by atoms with van der Waals surface area (Å²) in [6.45, 7) is 7.08. The standard InChI is InChI=1S/C22H25N3OS2/c1-15-5-3-6-17(13-15)14-25-10-8-18(9-11-25)24-21(26)20-16(2)23-22(28-20)19-7-4-12-27-19/h3-7,12-13,18H,8-11,14H2,1-2H3,(H,24,26). The fourth-order valence-corrected chi connectivity index (χ4v) is 5.43. The van der Waals surface area contributed by atoms with Crippen LogP contribution in [0, 0.1) is 13.8 Å². The molecule has 3 aromatic rings. The Bertz CT molecular complexity index is 941. The molecule has 28 heavy (non-hydrogen) atoms. The van der Waals surface area contributed by atoms with Gasteiger partial charge in [0.15, 0.2) is 0 Å². The molecule has 3 heterocycles. The van der Waals surface area contributed by atoms with Crippen molar-refractivity contribution in [3.05, 3.63) is 63.5 Å². The summed E-state index contributed by atoms with van der Waals surface area (Å²) in [7, 11) is 0. The molecule has 1 aliphatic heterocycles. The van der Waals surface area contributed by atoms with E-state index in [1.807, 2.05) is 18.4 Å². The summed E-state index contributed by atoms with van der Waals surface area (Å²) in [4.78, 5) is 21.7. The molecule has 146 valence electrons. The largest absolute Gasteiger partial charge is 0.348 e. The highest BCUT2D eigenvalue weighted by molar-refractivity contribution is 7.22. The summed E-state index contributed by atoms with van der Waals surface area (Å²) >= 11 is 3.15. The van der Waals surface area contributed by atoms with E-state index >= 15 is 0 Å². The van der Waals surface area contributed by atoms with Crippen molar-refractivity contribution in [3.8, 4) is 9.88 Å². The van der Waals surface area contributed by atoms with E-state index in [1.54, 1.807) is 11.3 Å². The van der Waals surface area contributed by atoms with Gasteiger partial charge in [-0.05, 0) is 43.7 Å². The van der Waals surface area contributed by atoms with E-state index in [-0.39, 0.29) is 11.9 Å². The minimum absolute atomic E-state index is 0.0231. The normalized spacial score (nSPS) is 15.6. The van der Waals surface area contributed by atoms with Crippen LogP contribution in [0.4, 0.5) is 0 Å². The van der Waals surface area contributed by atoms with Crippen LogP contribution in [0.2, 0.25) is 0 Å². The monoisotopic (exact) mass is 411 g/mol. The summed E-state index contributed by atoms with van der Waals surface area (Å²) in [5.41, 5.74) is 3.49. The number of carbonyl (C=O) groups is 1. The number of aryl methyl sites for hydroxylation is 2. The fraction of sp³-hybridized carbons (Fsp3) is 0.364. The zero-order valence-corrected chi connectivity index (χ0v) is 17.9. The Morgan fingerprint density at radius 3 is 2.75 bits per heavy atom. The van der Waals surface area contributed by atoms with Gasteiger partial charge in [-0.2, -0.15) is 0 Å². The third-order valence-corrected chi connectivity index (χ3v) is 7.34. The fourth-order valence-electron chi connectivity index (χ4n) is 3.67. The zero-order chi connectivity index (χ0) is 19.5. The predicted molar refractivity (Wildman–Crippen MR) is 117 cm³/mol. The highest BCUT2D eigenvalue weighted by atomic mass is 32.1. The van der Waals surface area contributed by atoms with E-state index in [2.05, 4.69) is 52.5 Å². The van der Waals surface area contributed by atoms with Crippen molar-refractivity contribution in [1.82, 2.24) is 15.2 Å². The molecule has 0 atom stereocenters. The lowest BCUT2D eigenvalue weighted by Gasteiger charge is -2.32. The van der Waals surface area contributed by atoms with Gasteiger partial charge in [-0.25, -0.2) is 4.98 Å². The second-order valence-corrected chi connectivity index (χ2v) is 9.37. The molecule has 1 saturated heterocycles. The molecule has 0 aliphatic carbocycles. The second-order valence-electron chi connectivity index (χ2n) is 7.42. The third-order valence-electron chi connectivity index (χ3n) is 5.15. The van der Waals surface area contributed by atoms with Crippen molar-refractivity contribution >= 4 is 28.6 Å². The lowest BCUT2D eigenvalue weighted by atomic mass is 10.0. The molecular weight excluding hydrogens is 386 g/mol. The van der Waals surface area contributed by atoms with E-state index in [1.165, 1.54) is 22.5 Å². The first-order valence-electron chi connectivity index (χ1n) is 9.68. The molecule has 0 spiro atoms. The van der Waals surface area contributed by atoms with Gasteiger partial charge in [0.05, 0.1) is 10.6 Å². The van der Waals surface area contributed by atoms with Crippen LogP contribution in [0.5, 0.6) is 0 Å². The lowest BCUT2D eigenvalue weighted by Crippen LogP contribution is -2.44. The quantitative estimate of drug-likeness (QED) is 0.651. The van der Waals surface area contributed by atoms with Crippen LogP contribution in [-0.2, 0) is 6.54 Å². The number of hydrogen-bond acceptors (Lipinski definition) is 5. The molecule has 0 radical (unpaired) electrons. The van der Waals surface area contributed by atoms with Crippen LogP contribution in [0.25, 0.3) is 9.88 Å². The van der Waals surface area contributed by atoms with Gasteiger partial charge in [0, 0.05) is 25.7 Å². The molecule has 4 rings (SSSR count). The highest BCUT2D eigenvalue weighted by Crippen LogP contribution is 2.31. The van der Waals surface area contributed by atoms with Gasteiger partial charge in [-0.3, -0.25) is 9.69 Å². The molecule has 4 nitrogen and oxygen atoms in total. The van der Waals surface area contributed by atoms with Gasteiger partial charge in [0.25, 0.3) is 5.91 Å². The van der Waals surface area contributed by atoms with E-state index in [0.29, 0.717) is 0 Å². The molecule has 1 fully saturated rings. The number of aromatic nitrogens is 1. The van der Waals surface area contributed by atoms with Crippen LogP contribution in [0.15, 0.2) is 41.8 Å². The van der Waals surface area contributed by atoms with Gasteiger partial charge >= 0.3 is 0 Å². The number of benzene rings is 1. The number of piperidine rings is 1. The molecule has 2 aromatic heterocycles. The Kier molecular flexibility index (Phi) is 5.90. The Hall–Kier alpha value is -2.02. The molecule has 0 bridgehead atoms. The summed E-state index contributed by atoms with van der Waals surface area (Å²) in [6, 6.07) is 13.0. The molecule has 0 unspecified atom stereocenters. The number of nitrogens with zero attached hydrogens (tertiary/aromatic N) is 2. The van der Waals surface area contributed by atoms with Gasteiger partial charge in [0.2, 0.25) is 0 Å². The van der Waals surface area contributed by atoms with Crippen LogP contribution < -0.4 is 5.32 Å². The number of likely N-dealkylation sites (tertiary alicyclic amines) is 1. The van der Waals surface area contributed by atoms with Crippen LogP contribution >= 0.6 is 22.7 Å². The van der Waals surface area contributed by atoms with Crippen molar-refractivity contribution in [1.29, 1.82) is 0 Å². The Morgan fingerprint density at radius 2 is 2.04 bits per heavy atom. The Morgan fingerprint density at radius 1 is 1.21 bits per heavy atom. The Labute approximate surface area is 174 Å². The third kappa shape index (κ3) is 4.51. The first-order valence-corrected chi connectivity index (χ1v) is 11.4. The van der Waals surface area contributed by atoms with E-state index in [4.69, 9.17) is 0 Å². The van der Waals surface area contributed by atoms with Crippen molar-refractivity contribution in [2.24, 2.45) is 0 Å². The number of thiophene rings is 1. The first-order chi connectivity index (χ1) is 13.6. The predicted octanol–water partition coefficient (Wildman–Crippen LogP) is 4.88. The average molecular weight is 412 g/mol. The average Bonchev–Trinajstić information content (AvgIpc) is 3.33. The summed E-state index contributed by atoms with van der Waals surface area (Å²) in [5, 5.41) is 6.21. The van der Waals surface area contributed by atoms with Gasteiger partial charge < -0.3 is 5.32 Å². The van der Waals surface area contributed by atoms with E-state index in [9.17, 15) is 4.79 Å². The van der Waals surface area contributed by atoms with Crippen molar-refractivity contribution in [2.45, 2.75) is 39.3 Å². The maximum atomic E-state index is 12.8. The number of rotatable bonds is 5. The SMILES string of the molecule is Cc1cccc(CN2CCC(NC(=O)c3sc(-c4cccs4)nc3C)CC2)c1. The van der Waals surface area contributed by atoms with E-state index in [0.717, 1.165) is 52.9 Å². The molecule has 1 aliphatic rings. The molecular formula is C22H25N3OS2. The minimum Gasteiger partial charge on any atom is -0.348 e. The highest BCUT2D eigenvalue weighted by Gasteiger charge is 2.23. The van der Waals surface area contributed by atoms with Crippen molar-refractivity contribution < 1.29 is 4.79 Å². The van der Waals surface area contributed by atoms with Crippen molar-refractivity contribution in [3.63, 3.8) is 0 Å². The number of carbonyl (C=O) groups excluding carboxylic acids is 1. The van der Waals surface area contributed by atoms with Crippen molar-refractivity contribution in [2.75, 3.05) is 13.1 Å². The number of amides is 1. The zero-order valence-electron chi connectivity index (χ0n) is 16.3. The number of hydrogen-bond donors (Lipinski definition) is 1. The molecule has 6 heteroatoms. The molecule has 1 amide bonds. The molecule has 0 saturated carbocycles. The van der Waals surface area contributed by atoms with E-state index < -0.39 is 0 Å². The van der Waals surface area contributed by atoms with Gasteiger partial charge in [0.1, 0.15) is 9.88 Å². The summed E-state index contributed by atoms with van der Waals surface area (Å²) in [6.07, 6.45) is 1.99. The Balaban J connectivity index is 1.32. The molecule has 1 aromatic carbocycles. The minimum atomic E-state index is 0.0231. The topological polar surface area (TPSA) is 45.2 Å². The first kappa shape index (κ1) is 19.3. The summed E-state index contributed by atoms with van der Waals surface area (Å²) in [5.74, 6) is 0.0231. The maximum absolute atomic E-state index is 12.8. The van der Waals surface area contributed by atoms with Crippen LogP contribution in [0.1, 0.15) is 39.3 Å². The maximum Gasteiger partial charge on any atom is 0.263 e. The van der Waals surface area contributed by atoms with Crippen LogP contribution in [0.3, 0.4) is 0 Å². The van der Waals surface area contributed by atoms with Gasteiger partial charge in [-0.15, -0.1) is 22.7 Å². The molecule has 1 N–H and O–H groups in total. The summed E-state index contributed by atoms with van der Waals surface area (Å²) < 4.78 is 0. The lowest BCUT2D eigenvalue weighted by molar-refractivity contribution is 0.0912.